The minimum atomic E-state index is -0.429. The molecule has 184 valence electrons. The van der Waals surface area contributed by atoms with Crippen molar-refractivity contribution < 1.29 is 9.50 Å². The predicted molar refractivity (Wildman–Crippen MR) is 139 cm³/mol. The van der Waals surface area contributed by atoms with Crippen LogP contribution in [0.1, 0.15) is 28.4 Å². The maximum Gasteiger partial charge on any atom is 0.259 e. The van der Waals surface area contributed by atoms with E-state index in [0.29, 0.717) is 49.7 Å². The van der Waals surface area contributed by atoms with E-state index in [9.17, 15) is 14.3 Å². The van der Waals surface area contributed by atoms with Gasteiger partial charge in [0.1, 0.15) is 11.6 Å². The highest BCUT2D eigenvalue weighted by Crippen LogP contribution is 2.34. The van der Waals surface area contributed by atoms with Gasteiger partial charge in [-0.25, -0.2) is 4.39 Å². The Morgan fingerprint density at radius 3 is 2.39 bits per heavy atom. The van der Waals surface area contributed by atoms with Crippen LogP contribution >= 0.6 is 0 Å². The monoisotopic (exact) mass is 484 g/mol. The van der Waals surface area contributed by atoms with Gasteiger partial charge in [-0.05, 0) is 42.3 Å². The Hall–Kier alpha value is -3.97. The number of nitrogens with zero attached hydrogens (tertiary/aromatic N) is 4. The van der Waals surface area contributed by atoms with Gasteiger partial charge in [0.25, 0.3) is 5.56 Å². The number of pyridine rings is 2. The first-order valence-corrected chi connectivity index (χ1v) is 12.1. The van der Waals surface area contributed by atoms with Crippen LogP contribution in [0.15, 0.2) is 90.0 Å². The largest absolute Gasteiger partial charge is 0.507 e. The number of hydrogen-bond acceptors (Lipinski definition) is 5. The zero-order chi connectivity index (χ0) is 25.1. The van der Waals surface area contributed by atoms with Crippen molar-refractivity contribution in [2.45, 2.75) is 19.5 Å². The predicted octanol–water partition coefficient (Wildman–Crippen LogP) is 4.36. The number of rotatable bonds is 6. The fourth-order valence-electron chi connectivity index (χ4n) is 5.02. The van der Waals surface area contributed by atoms with E-state index in [1.165, 1.54) is 6.07 Å². The van der Waals surface area contributed by atoms with Gasteiger partial charge in [0.15, 0.2) is 0 Å². The minimum absolute atomic E-state index is 0.00896. The number of aryl methyl sites for hydroxylation is 1. The lowest BCUT2D eigenvalue weighted by Crippen LogP contribution is -2.49. The van der Waals surface area contributed by atoms with Crippen molar-refractivity contribution in [3.63, 3.8) is 0 Å². The van der Waals surface area contributed by atoms with Gasteiger partial charge in [-0.15, -0.1) is 0 Å². The molecule has 0 radical (unpaired) electrons. The Kier molecular flexibility index (Phi) is 6.82. The van der Waals surface area contributed by atoms with Crippen LogP contribution < -0.4 is 10.5 Å². The van der Waals surface area contributed by atoms with Gasteiger partial charge < -0.3 is 14.6 Å². The van der Waals surface area contributed by atoms with Crippen LogP contribution in [-0.4, -0.2) is 45.7 Å². The van der Waals surface area contributed by atoms with Crippen molar-refractivity contribution in [3.05, 3.63) is 124 Å². The SMILES string of the molecule is Cc1cc(O)c([C@H](c2ccccc2)N2CCN(c3ccccc3F)CC2)c(=O)n1Cc1cccnc1. The molecule has 0 saturated carbocycles. The molecule has 4 aromatic rings. The van der Waals surface area contributed by atoms with E-state index in [-0.39, 0.29) is 17.1 Å². The second kappa shape index (κ2) is 10.3. The first kappa shape index (κ1) is 23.8. The maximum absolute atomic E-state index is 14.4. The molecule has 2 aromatic heterocycles. The number of aromatic nitrogens is 2. The van der Waals surface area contributed by atoms with Gasteiger partial charge >= 0.3 is 0 Å². The summed E-state index contributed by atoms with van der Waals surface area (Å²) in [7, 11) is 0. The molecule has 0 amide bonds. The molecule has 5 rings (SSSR count). The van der Waals surface area contributed by atoms with Crippen molar-refractivity contribution in [1.29, 1.82) is 0 Å². The molecule has 0 aliphatic carbocycles. The average molecular weight is 485 g/mol. The lowest BCUT2D eigenvalue weighted by Gasteiger charge is -2.40. The highest BCUT2D eigenvalue weighted by atomic mass is 19.1. The minimum Gasteiger partial charge on any atom is -0.507 e. The van der Waals surface area contributed by atoms with Gasteiger partial charge in [-0.2, -0.15) is 0 Å². The van der Waals surface area contributed by atoms with Crippen LogP contribution in [-0.2, 0) is 6.54 Å². The van der Waals surface area contributed by atoms with E-state index in [2.05, 4.69) is 9.88 Å². The van der Waals surface area contributed by atoms with Crippen molar-refractivity contribution >= 4 is 5.69 Å². The van der Waals surface area contributed by atoms with E-state index in [1.54, 1.807) is 35.2 Å². The van der Waals surface area contributed by atoms with E-state index < -0.39 is 6.04 Å². The number of piperazine rings is 1. The van der Waals surface area contributed by atoms with E-state index in [4.69, 9.17) is 0 Å². The summed E-state index contributed by atoms with van der Waals surface area (Å²) in [5.74, 6) is -0.245. The standard InChI is InChI=1S/C29H29FN4O2/c1-21-18-26(35)27(29(36)34(21)20-22-8-7-13-31-19-22)28(23-9-3-2-4-10-23)33-16-14-32(15-17-33)25-12-6-5-11-24(25)30/h2-13,18-19,28,35H,14-17,20H2,1H3/t28-/m0/s1. The van der Waals surface area contributed by atoms with E-state index in [0.717, 1.165) is 11.1 Å². The third-order valence-electron chi connectivity index (χ3n) is 6.85. The van der Waals surface area contributed by atoms with Crippen LogP contribution in [0.5, 0.6) is 5.75 Å². The molecule has 1 saturated heterocycles. The summed E-state index contributed by atoms with van der Waals surface area (Å²) in [4.78, 5) is 22.3. The molecule has 6 nitrogen and oxygen atoms in total. The smallest absolute Gasteiger partial charge is 0.259 e. The summed E-state index contributed by atoms with van der Waals surface area (Å²) < 4.78 is 16.1. The van der Waals surface area contributed by atoms with Gasteiger partial charge in [-0.1, -0.05) is 48.5 Å². The fourth-order valence-corrected chi connectivity index (χ4v) is 5.02. The Morgan fingerprint density at radius 2 is 1.69 bits per heavy atom. The van der Waals surface area contributed by atoms with Gasteiger partial charge in [0.05, 0.1) is 23.8 Å². The molecule has 1 aliphatic rings. The van der Waals surface area contributed by atoms with Gasteiger partial charge in [0, 0.05) is 44.3 Å². The summed E-state index contributed by atoms with van der Waals surface area (Å²) >= 11 is 0. The van der Waals surface area contributed by atoms with Crippen LogP contribution in [0.25, 0.3) is 0 Å². The molecule has 3 heterocycles. The third-order valence-corrected chi connectivity index (χ3v) is 6.85. The number of hydrogen-bond donors (Lipinski definition) is 1. The third kappa shape index (κ3) is 4.75. The summed E-state index contributed by atoms with van der Waals surface area (Å²) in [6.45, 7) is 4.65. The Bertz CT molecular complexity index is 1380. The van der Waals surface area contributed by atoms with Crippen molar-refractivity contribution in [3.8, 4) is 5.75 Å². The Morgan fingerprint density at radius 1 is 0.972 bits per heavy atom. The second-order valence-electron chi connectivity index (χ2n) is 9.12. The topological polar surface area (TPSA) is 61.6 Å². The van der Waals surface area contributed by atoms with Gasteiger partial charge in [0.2, 0.25) is 0 Å². The first-order valence-electron chi connectivity index (χ1n) is 12.1. The molecule has 0 unspecified atom stereocenters. The normalized spacial score (nSPS) is 15.1. The zero-order valence-corrected chi connectivity index (χ0v) is 20.2. The average Bonchev–Trinajstić information content (AvgIpc) is 2.90. The fraction of sp³-hybridized carbons (Fsp3) is 0.241. The van der Waals surface area contributed by atoms with Crippen LogP contribution in [0, 0.1) is 12.7 Å². The lowest BCUT2D eigenvalue weighted by atomic mass is 9.96. The van der Waals surface area contributed by atoms with Gasteiger partial charge in [-0.3, -0.25) is 14.7 Å². The second-order valence-corrected chi connectivity index (χ2v) is 9.12. The Balaban J connectivity index is 1.52. The van der Waals surface area contributed by atoms with Crippen molar-refractivity contribution in [2.24, 2.45) is 0 Å². The summed E-state index contributed by atoms with van der Waals surface area (Å²) in [5.41, 5.74) is 3.25. The molecule has 2 aromatic carbocycles. The molecule has 7 heteroatoms. The molecule has 0 bridgehead atoms. The summed E-state index contributed by atoms with van der Waals surface area (Å²) in [5, 5.41) is 11.1. The quantitative estimate of drug-likeness (QED) is 0.441. The van der Waals surface area contributed by atoms with E-state index in [1.807, 2.05) is 60.4 Å². The van der Waals surface area contributed by atoms with E-state index >= 15 is 0 Å². The molecular weight excluding hydrogens is 455 g/mol. The maximum atomic E-state index is 14.4. The van der Waals surface area contributed by atoms with Crippen LogP contribution in [0.3, 0.4) is 0 Å². The number of para-hydroxylation sites is 1. The Labute approximate surface area is 209 Å². The van der Waals surface area contributed by atoms with Crippen LogP contribution in [0.2, 0.25) is 0 Å². The molecular formula is C29H29FN4O2. The zero-order valence-electron chi connectivity index (χ0n) is 20.2. The molecule has 1 fully saturated rings. The molecule has 1 atom stereocenters. The lowest BCUT2D eigenvalue weighted by molar-refractivity contribution is 0.207. The summed E-state index contributed by atoms with van der Waals surface area (Å²) in [6, 6.07) is 21.6. The summed E-state index contributed by atoms with van der Waals surface area (Å²) in [6.07, 6.45) is 3.45. The number of benzene rings is 2. The molecule has 1 aliphatic heterocycles. The highest BCUT2D eigenvalue weighted by molar-refractivity contribution is 5.48. The molecule has 0 spiro atoms. The molecule has 1 N–H and O–H groups in total. The number of aromatic hydroxyl groups is 1. The first-order chi connectivity index (χ1) is 17.5. The van der Waals surface area contributed by atoms with Crippen molar-refractivity contribution in [1.82, 2.24) is 14.5 Å². The number of anilines is 1. The van der Waals surface area contributed by atoms with Crippen LogP contribution in [0.4, 0.5) is 10.1 Å². The number of halogens is 1. The van der Waals surface area contributed by atoms with Crippen molar-refractivity contribution in [2.75, 3.05) is 31.1 Å². The molecule has 36 heavy (non-hydrogen) atoms. The highest BCUT2D eigenvalue weighted by Gasteiger charge is 2.32.